The molecule has 0 saturated carbocycles. The first-order valence-electron chi connectivity index (χ1n) is 4.49. The number of hydrogen-bond acceptors (Lipinski definition) is 1. The molecule has 0 bridgehead atoms. The van der Waals surface area contributed by atoms with Crippen molar-refractivity contribution in [2.45, 2.75) is 26.7 Å². The molecule has 6 N–H and O–H groups in total. The Bertz CT molecular complexity index is 189. The van der Waals surface area contributed by atoms with Crippen LogP contribution < -0.4 is 17.2 Å². The van der Waals surface area contributed by atoms with Crippen molar-refractivity contribution in [3.63, 3.8) is 0 Å². The Kier molecular flexibility index (Phi) is 5.67. The standard InChI is InChI=1S/C8H19N5/c1-3-6(4-2)5-12-8(11)13-7(9)10/h6H,3-5H2,1-2H3,(H6,9,10,11,12,13). The van der Waals surface area contributed by atoms with Crippen molar-refractivity contribution in [2.24, 2.45) is 33.1 Å². The molecule has 76 valence electrons. The molecular formula is C8H19N5. The van der Waals surface area contributed by atoms with Crippen molar-refractivity contribution in [1.82, 2.24) is 0 Å². The van der Waals surface area contributed by atoms with Crippen LogP contribution in [0.5, 0.6) is 0 Å². The highest BCUT2D eigenvalue weighted by Gasteiger charge is 2.01. The molecule has 0 rings (SSSR count). The van der Waals surface area contributed by atoms with E-state index in [0.717, 1.165) is 12.8 Å². The predicted molar refractivity (Wildman–Crippen MR) is 56.4 cm³/mol. The van der Waals surface area contributed by atoms with Crippen molar-refractivity contribution in [3.8, 4) is 0 Å². The highest BCUT2D eigenvalue weighted by Crippen LogP contribution is 2.06. The number of hydrogen-bond donors (Lipinski definition) is 3. The Morgan fingerprint density at radius 3 is 2.08 bits per heavy atom. The zero-order valence-corrected chi connectivity index (χ0v) is 8.33. The fourth-order valence-corrected chi connectivity index (χ4v) is 0.937. The molecule has 0 aliphatic rings. The molecule has 0 radical (unpaired) electrons. The molecule has 0 fully saturated rings. The van der Waals surface area contributed by atoms with Crippen molar-refractivity contribution >= 4 is 11.9 Å². The van der Waals surface area contributed by atoms with Gasteiger partial charge in [-0.25, -0.2) is 0 Å². The molecule has 0 atom stereocenters. The van der Waals surface area contributed by atoms with Crippen LogP contribution in [0.1, 0.15) is 26.7 Å². The lowest BCUT2D eigenvalue weighted by atomic mass is 10.0. The van der Waals surface area contributed by atoms with Crippen LogP contribution in [0.15, 0.2) is 9.98 Å². The molecule has 5 heteroatoms. The normalized spacial score (nSPS) is 11.8. The third kappa shape index (κ3) is 5.95. The first-order chi connectivity index (χ1) is 6.10. The van der Waals surface area contributed by atoms with Crippen LogP contribution in [-0.2, 0) is 0 Å². The topological polar surface area (TPSA) is 103 Å². The molecule has 0 saturated heterocycles. The molecule has 0 aliphatic carbocycles. The Balaban J connectivity index is 4.02. The van der Waals surface area contributed by atoms with Crippen LogP contribution in [0.25, 0.3) is 0 Å². The second-order valence-corrected chi connectivity index (χ2v) is 2.92. The summed E-state index contributed by atoms with van der Waals surface area (Å²) in [6.07, 6.45) is 2.18. The van der Waals surface area contributed by atoms with E-state index in [4.69, 9.17) is 17.2 Å². The van der Waals surface area contributed by atoms with Crippen LogP contribution in [0.2, 0.25) is 0 Å². The lowest BCUT2D eigenvalue weighted by Crippen LogP contribution is -2.26. The molecule has 0 spiro atoms. The molecule has 0 heterocycles. The lowest BCUT2D eigenvalue weighted by Gasteiger charge is -2.07. The third-order valence-electron chi connectivity index (χ3n) is 1.91. The van der Waals surface area contributed by atoms with E-state index < -0.39 is 0 Å². The largest absolute Gasteiger partial charge is 0.370 e. The zero-order valence-electron chi connectivity index (χ0n) is 8.33. The van der Waals surface area contributed by atoms with Gasteiger partial charge in [-0.1, -0.05) is 26.7 Å². The summed E-state index contributed by atoms with van der Waals surface area (Å²) in [6.45, 7) is 4.94. The Labute approximate surface area is 79.1 Å². The fraction of sp³-hybridized carbons (Fsp3) is 0.750. The maximum atomic E-state index is 5.43. The van der Waals surface area contributed by atoms with E-state index in [-0.39, 0.29) is 11.9 Å². The van der Waals surface area contributed by atoms with Gasteiger partial charge in [0.05, 0.1) is 0 Å². The molecule has 0 amide bonds. The highest BCUT2D eigenvalue weighted by atomic mass is 15.1. The Morgan fingerprint density at radius 2 is 1.69 bits per heavy atom. The van der Waals surface area contributed by atoms with Gasteiger partial charge in [0.15, 0.2) is 5.96 Å². The van der Waals surface area contributed by atoms with Gasteiger partial charge in [0, 0.05) is 6.54 Å². The third-order valence-corrected chi connectivity index (χ3v) is 1.91. The van der Waals surface area contributed by atoms with Gasteiger partial charge in [-0.15, -0.1) is 0 Å². The summed E-state index contributed by atoms with van der Waals surface area (Å²) in [5.41, 5.74) is 15.7. The van der Waals surface area contributed by atoms with Gasteiger partial charge in [0.2, 0.25) is 5.96 Å². The first-order valence-corrected chi connectivity index (χ1v) is 4.49. The van der Waals surface area contributed by atoms with Gasteiger partial charge in [-0.05, 0) is 5.92 Å². The van der Waals surface area contributed by atoms with Gasteiger partial charge in [-0.2, -0.15) is 4.99 Å². The van der Waals surface area contributed by atoms with E-state index in [9.17, 15) is 0 Å². The Hall–Kier alpha value is -1.26. The van der Waals surface area contributed by atoms with Gasteiger partial charge < -0.3 is 17.2 Å². The van der Waals surface area contributed by atoms with E-state index in [2.05, 4.69) is 23.8 Å². The second kappa shape index (κ2) is 6.28. The second-order valence-electron chi connectivity index (χ2n) is 2.92. The Morgan fingerprint density at radius 1 is 1.15 bits per heavy atom. The number of rotatable bonds is 4. The minimum absolute atomic E-state index is 0.0502. The molecule has 0 aromatic rings. The number of aliphatic imine (C=N–C) groups is 2. The minimum atomic E-state index is -0.0502. The smallest absolute Gasteiger partial charge is 0.218 e. The summed E-state index contributed by atoms with van der Waals surface area (Å²) in [5, 5.41) is 0. The van der Waals surface area contributed by atoms with Gasteiger partial charge in [0.25, 0.3) is 0 Å². The average Bonchev–Trinajstić information content (AvgIpc) is 2.05. The summed E-state index contributed by atoms with van der Waals surface area (Å²) < 4.78 is 0. The molecule has 0 aliphatic heterocycles. The molecular weight excluding hydrogens is 166 g/mol. The van der Waals surface area contributed by atoms with Crippen LogP contribution in [-0.4, -0.2) is 18.5 Å². The quantitative estimate of drug-likeness (QED) is 0.424. The van der Waals surface area contributed by atoms with E-state index in [0.29, 0.717) is 12.5 Å². The van der Waals surface area contributed by atoms with Crippen LogP contribution in [0.3, 0.4) is 0 Å². The monoisotopic (exact) mass is 185 g/mol. The molecule has 0 aromatic heterocycles. The zero-order chi connectivity index (χ0) is 10.3. The van der Waals surface area contributed by atoms with Crippen molar-refractivity contribution in [1.29, 1.82) is 0 Å². The van der Waals surface area contributed by atoms with Crippen molar-refractivity contribution in [3.05, 3.63) is 0 Å². The van der Waals surface area contributed by atoms with E-state index >= 15 is 0 Å². The molecule has 0 unspecified atom stereocenters. The summed E-state index contributed by atoms with van der Waals surface area (Å²) >= 11 is 0. The molecule has 5 nitrogen and oxygen atoms in total. The summed E-state index contributed by atoms with van der Waals surface area (Å²) in [4.78, 5) is 7.67. The SMILES string of the molecule is CCC(CC)CN=C(N)N=C(N)N. The molecule has 13 heavy (non-hydrogen) atoms. The van der Waals surface area contributed by atoms with Crippen LogP contribution >= 0.6 is 0 Å². The van der Waals surface area contributed by atoms with Crippen LogP contribution in [0.4, 0.5) is 0 Å². The maximum absolute atomic E-state index is 5.43. The number of guanidine groups is 2. The molecule has 0 aromatic carbocycles. The van der Waals surface area contributed by atoms with E-state index in [1.165, 1.54) is 0 Å². The van der Waals surface area contributed by atoms with Crippen LogP contribution in [0, 0.1) is 5.92 Å². The average molecular weight is 185 g/mol. The van der Waals surface area contributed by atoms with E-state index in [1.807, 2.05) is 0 Å². The summed E-state index contributed by atoms with van der Waals surface area (Å²) in [6, 6.07) is 0. The first kappa shape index (κ1) is 11.7. The predicted octanol–water partition coefficient (Wildman–Crippen LogP) is 0.0107. The summed E-state index contributed by atoms with van der Waals surface area (Å²) in [7, 11) is 0. The highest BCUT2D eigenvalue weighted by molar-refractivity contribution is 5.92. The van der Waals surface area contributed by atoms with E-state index in [1.54, 1.807) is 0 Å². The van der Waals surface area contributed by atoms with Gasteiger partial charge in [0.1, 0.15) is 0 Å². The lowest BCUT2D eigenvalue weighted by molar-refractivity contribution is 0.506. The minimum Gasteiger partial charge on any atom is -0.370 e. The fourth-order valence-electron chi connectivity index (χ4n) is 0.937. The van der Waals surface area contributed by atoms with Crippen molar-refractivity contribution in [2.75, 3.05) is 6.54 Å². The van der Waals surface area contributed by atoms with Crippen molar-refractivity contribution < 1.29 is 0 Å². The maximum Gasteiger partial charge on any atom is 0.218 e. The summed E-state index contributed by atoms with van der Waals surface area (Å²) in [5.74, 6) is 0.672. The number of nitrogens with two attached hydrogens (primary N) is 3. The van der Waals surface area contributed by atoms with Gasteiger partial charge in [-0.3, -0.25) is 4.99 Å². The number of nitrogens with zero attached hydrogens (tertiary/aromatic N) is 2. The van der Waals surface area contributed by atoms with Gasteiger partial charge >= 0.3 is 0 Å².